The van der Waals surface area contributed by atoms with Crippen LogP contribution in [0.1, 0.15) is 36.5 Å². The highest BCUT2D eigenvalue weighted by Gasteiger charge is 2.23. The zero-order valence-electron chi connectivity index (χ0n) is 11.8. The molecule has 1 aliphatic rings. The lowest BCUT2D eigenvalue weighted by Gasteiger charge is -2.11. The first-order valence-electron chi connectivity index (χ1n) is 6.90. The number of rotatable bonds is 4. The number of hydrogen-bond acceptors (Lipinski definition) is 4. The van der Waals surface area contributed by atoms with Gasteiger partial charge in [0.05, 0.1) is 9.95 Å². The van der Waals surface area contributed by atoms with E-state index in [1.54, 1.807) is 0 Å². The summed E-state index contributed by atoms with van der Waals surface area (Å²) in [5.41, 5.74) is 5.23. The van der Waals surface area contributed by atoms with Gasteiger partial charge in [-0.1, -0.05) is 24.9 Å². The quantitative estimate of drug-likeness (QED) is 0.507. The van der Waals surface area contributed by atoms with Crippen molar-refractivity contribution in [1.29, 1.82) is 0 Å². The van der Waals surface area contributed by atoms with Crippen molar-refractivity contribution in [3.8, 4) is 0 Å². The summed E-state index contributed by atoms with van der Waals surface area (Å²) in [5.74, 6) is 0.807. The Morgan fingerprint density at radius 1 is 1.52 bits per heavy atom. The number of benzene rings is 1. The van der Waals surface area contributed by atoms with Gasteiger partial charge in [0, 0.05) is 18.2 Å². The fraction of sp³-hybridized carbons (Fsp3) is 0.500. The van der Waals surface area contributed by atoms with Crippen molar-refractivity contribution in [2.45, 2.75) is 26.2 Å². The molecule has 1 aromatic rings. The molecule has 0 radical (unpaired) electrons. The van der Waals surface area contributed by atoms with Crippen LogP contribution in [0.5, 0.6) is 0 Å². The predicted molar refractivity (Wildman–Crippen MR) is 81.4 cm³/mol. The van der Waals surface area contributed by atoms with Crippen LogP contribution in [0.4, 0.5) is 11.4 Å². The molecule has 114 valence electrons. The molecule has 21 heavy (non-hydrogen) atoms. The van der Waals surface area contributed by atoms with Crippen molar-refractivity contribution in [1.82, 2.24) is 5.32 Å². The van der Waals surface area contributed by atoms with Gasteiger partial charge < -0.3 is 11.1 Å². The summed E-state index contributed by atoms with van der Waals surface area (Å²) in [7, 11) is 0. The van der Waals surface area contributed by atoms with Gasteiger partial charge in [-0.05, 0) is 30.7 Å². The molecule has 0 saturated heterocycles. The zero-order valence-corrected chi connectivity index (χ0v) is 12.5. The number of carbonyl (C=O) groups is 1. The minimum atomic E-state index is -0.642. The molecule has 3 N–H and O–H groups in total. The monoisotopic (exact) mass is 311 g/mol. The highest BCUT2D eigenvalue weighted by atomic mass is 35.5. The first-order chi connectivity index (χ1) is 9.88. The maximum atomic E-state index is 12.1. The molecule has 2 atom stereocenters. The Morgan fingerprint density at radius 2 is 2.24 bits per heavy atom. The second-order valence-corrected chi connectivity index (χ2v) is 6.05. The Balaban J connectivity index is 2.07. The summed E-state index contributed by atoms with van der Waals surface area (Å²) >= 11 is 5.84. The van der Waals surface area contributed by atoms with Gasteiger partial charge in [0.2, 0.25) is 0 Å². The number of nitrogens with two attached hydrogens (primary N) is 1. The fourth-order valence-corrected chi connectivity index (χ4v) is 2.95. The van der Waals surface area contributed by atoms with Crippen LogP contribution in [0.15, 0.2) is 12.1 Å². The molecule has 1 aliphatic carbocycles. The lowest BCUT2D eigenvalue weighted by atomic mass is 10.1. The third kappa shape index (κ3) is 3.64. The Labute approximate surface area is 127 Å². The van der Waals surface area contributed by atoms with Gasteiger partial charge in [-0.15, -0.1) is 0 Å². The van der Waals surface area contributed by atoms with Crippen LogP contribution in [0.25, 0.3) is 0 Å². The molecule has 0 aliphatic heterocycles. The van der Waals surface area contributed by atoms with E-state index >= 15 is 0 Å². The van der Waals surface area contributed by atoms with Crippen LogP contribution in [0.3, 0.4) is 0 Å². The summed E-state index contributed by atoms with van der Waals surface area (Å²) in [6.45, 7) is 2.78. The van der Waals surface area contributed by atoms with Gasteiger partial charge in [0.1, 0.15) is 5.69 Å². The minimum Gasteiger partial charge on any atom is -0.392 e. The molecule has 2 rings (SSSR count). The van der Waals surface area contributed by atoms with E-state index in [1.165, 1.54) is 12.5 Å². The molecule has 1 fully saturated rings. The SMILES string of the molecule is CC1CCC(CNC(=O)c2cc(Cl)c(N)c([N+](=O)[O-])c2)C1. The summed E-state index contributed by atoms with van der Waals surface area (Å²) in [6.07, 6.45) is 3.38. The Hall–Kier alpha value is -1.82. The van der Waals surface area contributed by atoms with Gasteiger partial charge in [0.15, 0.2) is 0 Å². The number of halogens is 1. The molecule has 0 aromatic heterocycles. The highest BCUT2D eigenvalue weighted by Crippen LogP contribution is 2.31. The number of hydrogen-bond donors (Lipinski definition) is 2. The van der Waals surface area contributed by atoms with Crippen molar-refractivity contribution in [3.05, 3.63) is 32.8 Å². The maximum Gasteiger partial charge on any atom is 0.294 e. The molecule has 1 aromatic carbocycles. The van der Waals surface area contributed by atoms with Gasteiger partial charge in [-0.2, -0.15) is 0 Å². The number of nitro benzene ring substituents is 1. The average molecular weight is 312 g/mol. The normalized spacial score (nSPS) is 21.2. The smallest absolute Gasteiger partial charge is 0.294 e. The van der Waals surface area contributed by atoms with Crippen molar-refractivity contribution in [2.75, 3.05) is 12.3 Å². The first-order valence-corrected chi connectivity index (χ1v) is 7.28. The van der Waals surface area contributed by atoms with Crippen molar-refractivity contribution >= 4 is 28.9 Å². The first kappa shape index (κ1) is 15.6. The van der Waals surface area contributed by atoms with Crippen LogP contribution in [-0.2, 0) is 0 Å². The number of amides is 1. The predicted octanol–water partition coefficient (Wildman–Crippen LogP) is 3.00. The fourth-order valence-electron chi connectivity index (χ4n) is 2.73. The van der Waals surface area contributed by atoms with E-state index in [2.05, 4.69) is 12.2 Å². The van der Waals surface area contributed by atoms with E-state index in [0.29, 0.717) is 18.4 Å². The van der Waals surface area contributed by atoms with Crippen LogP contribution in [-0.4, -0.2) is 17.4 Å². The van der Waals surface area contributed by atoms with E-state index in [-0.39, 0.29) is 27.9 Å². The molecule has 0 heterocycles. The molecule has 1 amide bonds. The van der Waals surface area contributed by atoms with Gasteiger partial charge in [-0.25, -0.2) is 0 Å². The number of nitrogen functional groups attached to an aromatic ring is 1. The Kier molecular flexibility index (Phi) is 4.67. The summed E-state index contributed by atoms with van der Waals surface area (Å²) in [4.78, 5) is 22.3. The van der Waals surface area contributed by atoms with Crippen LogP contribution < -0.4 is 11.1 Å². The van der Waals surface area contributed by atoms with Crippen molar-refractivity contribution < 1.29 is 9.72 Å². The molecule has 7 heteroatoms. The van der Waals surface area contributed by atoms with E-state index < -0.39 is 4.92 Å². The zero-order chi connectivity index (χ0) is 15.6. The van der Waals surface area contributed by atoms with Crippen LogP contribution in [0, 0.1) is 22.0 Å². The number of anilines is 1. The van der Waals surface area contributed by atoms with E-state index in [0.717, 1.165) is 18.9 Å². The molecule has 2 unspecified atom stereocenters. The van der Waals surface area contributed by atoms with Gasteiger partial charge in [0.25, 0.3) is 11.6 Å². The maximum absolute atomic E-state index is 12.1. The summed E-state index contributed by atoms with van der Waals surface area (Å²) in [5, 5.41) is 13.7. The largest absolute Gasteiger partial charge is 0.392 e. The van der Waals surface area contributed by atoms with Gasteiger partial charge in [-0.3, -0.25) is 14.9 Å². The topological polar surface area (TPSA) is 98.3 Å². The minimum absolute atomic E-state index is 0.0174. The number of nitro groups is 1. The lowest BCUT2D eigenvalue weighted by molar-refractivity contribution is -0.383. The van der Waals surface area contributed by atoms with Crippen molar-refractivity contribution in [3.63, 3.8) is 0 Å². The van der Waals surface area contributed by atoms with Crippen LogP contribution in [0.2, 0.25) is 5.02 Å². The second-order valence-electron chi connectivity index (χ2n) is 5.64. The average Bonchev–Trinajstić information content (AvgIpc) is 2.84. The van der Waals surface area contributed by atoms with E-state index in [9.17, 15) is 14.9 Å². The second kappa shape index (κ2) is 6.30. The molecule has 0 spiro atoms. The number of nitrogens with zero attached hydrogens (tertiary/aromatic N) is 1. The van der Waals surface area contributed by atoms with Crippen LogP contribution >= 0.6 is 11.6 Å². The Bertz CT molecular complexity index is 577. The summed E-state index contributed by atoms with van der Waals surface area (Å²) in [6, 6.07) is 2.52. The highest BCUT2D eigenvalue weighted by molar-refractivity contribution is 6.34. The molecule has 1 saturated carbocycles. The van der Waals surface area contributed by atoms with E-state index in [4.69, 9.17) is 17.3 Å². The summed E-state index contributed by atoms with van der Waals surface area (Å²) < 4.78 is 0. The number of carbonyl (C=O) groups excluding carboxylic acids is 1. The molecule has 6 nitrogen and oxygen atoms in total. The number of nitrogens with one attached hydrogen (secondary N) is 1. The third-order valence-corrected chi connectivity index (χ3v) is 4.23. The van der Waals surface area contributed by atoms with Crippen molar-refractivity contribution in [2.24, 2.45) is 11.8 Å². The lowest BCUT2D eigenvalue weighted by Crippen LogP contribution is -2.28. The molecule has 0 bridgehead atoms. The standard InChI is InChI=1S/C14H18ClN3O3/c1-8-2-3-9(4-8)7-17-14(19)10-5-11(15)13(16)12(6-10)18(20)21/h5-6,8-9H,2-4,7,16H2,1H3,(H,17,19). The van der Waals surface area contributed by atoms with E-state index in [1.807, 2.05) is 0 Å². The molecular formula is C14H18ClN3O3. The third-order valence-electron chi connectivity index (χ3n) is 3.92. The van der Waals surface area contributed by atoms with Gasteiger partial charge >= 0.3 is 0 Å². The Morgan fingerprint density at radius 3 is 2.81 bits per heavy atom. The molecular weight excluding hydrogens is 294 g/mol.